The highest BCUT2D eigenvalue weighted by atomic mass is 14.1. The predicted molar refractivity (Wildman–Crippen MR) is 98.4 cm³/mol. The van der Waals surface area contributed by atoms with Crippen molar-refractivity contribution in [1.82, 2.24) is 0 Å². The lowest BCUT2D eigenvalue weighted by Gasteiger charge is -2.11. The molecule has 0 heterocycles. The van der Waals surface area contributed by atoms with Crippen molar-refractivity contribution in [3.63, 3.8) is 0 Å². The van der Waals surface area contributed by atoms with Crippen LogP contribution < -0.4 is 0 Å². The van der Waals surface area contributed by atoms with Gasteiger partial charge in [0.15, 0.2) is 0 Å². The highest BCUT2D eigenvalue weighted by molar-refractivity contribution is 4.56. The Balaban J connectivity index is 3.11. The molecule has 0 nitrogen and oxygen atoms in total. The summed E-state index contributed by atoms with van der Waals surface area (Å²) in [5.41, 5.74) is 0. The van der Waals surface area contributed by atoms with Gasteiger partial charge in [-0.25, -0.2) is 0 Å². The van der Waals surface area contributed by atoms with Crippen molar-refractivity contribution in [2.75, 3.05) is 0 Å². The first kappa shape index (κ1) is 21.0. The van der Waals surface area contributed by atoms with Crippen LogP contribution in [0, 0.1) is 19.8 Å². The lowest BCUT2D eigenvalue weighted by atomic mass is 9.96. The van der Waals surface area contributed by atoms with Crippen LogP contribution in [0.15, 0.2) is 0 Å². The van der Waals surface area contributed by atoms with Crippen LogP contribution in [0.2, 0.25) is 0 Å². The maximum atomic E-state index is 3.90. The highest BCUT2D eigenvalue weighted by Gasteiger charge is 2.02. The van der Waals surface area contributed by atoms with Crippen LogP contribution in [-0.4, -0.2) is 0 Å². The molecule has 0 spiro atoms. The topological polar surface area (TPSA) is 0 Å². The fraction of sp³-hybridized carbons (Fsp3) is 0.905. The maximum absolute atomic E-state index is 3.90. The van der Waals surface area contributed by atoms with Crippen molar-refractivity contribution in [3.05, 3.63) is 13.8 Å². The van der Waals surface area contributed by atoms with Gasteiger partial charge < -0.3 is 0 Å². The molecule has 1 unspecified atom stereocenters. The Bertz CT molecular complexity index is 173. The quantitative estimate of drug-likeness (QED) is 0.239. The summed E-state index contributed by atoms with van der Waals surface area (Å²) in [6, 6.07) is 0. The lowest BCUT2D eigenvalue weighted by molar-refractivity contribution is 0.431. The van der Waals surface area contributed by atoms with Crippen LogP contribution in [0.3, 0.4) is 0 Å². The third-order valence-electron chi connectivity index (χ3n) is 4.64. The van der Waals surface area contributed by atoms with E-state index in [0.717, 1.165) is 18.8 Å². The van der Waals surface area contributed by atoms with Crippen molar-refractivity contribution in [1.29, 1.82) is 0 Å². The van der Waals surface area contributed by atoms with E-state index in [2.05, 4.69) is 20.8 Å². The van der Waals surface area contributed by atoms with Gasteiger partial charge >= 0.3 is 0 Å². The molecule has 0 saturated carbocycles. The van der Waals surface area contributed by atoms with Gasteiger partial charge in [-0.05, 0) is 5.92 Å². The van der Waals surface area contributed by atoms with Gasteiger partial charge in [-0.3, -0.25) is 0 Å². The van der Waals surface area contributed by atoms with Gasteiger partial charge in [-0.2, -0.15) is 0 Å². The number of unbranched alkanes of at least 4 members (excludes halogenated alkanes) is 13. The van der Waals surface area contributed by atoms with Crippen LogP contribution in [-0.2, 0) is 0 Å². The zero-order chi connectivity index (χ0) is 15.6. The Morgan fingerprint density at radius 1 is 0.476 bits per heavy atom. The normalized spacial score (nSPS) is 12.7. The second-order valence-corrected chi connectivity index (χ2v) is 6.99. The van der Waals surface area contributed by atoms with Crippen molar-refractivity contribution >= 4 is 0 Å². The zero-order valence-electron chi connectivity index (χ0n) is 15.0. The molecule has 0 saturated heterocycles. The minimum atomic E-state index is 0.955. The molecular formula is C21H42. The SMILES string of the molecule is [CH2]CCCCCCCCCC(C)CCCCCCCC[CH2]. The maximum Gasteiger partial charge on any atom is -0.0443 e. The van der Waals surface area contributed by atoms with E-state index in [0.29, 0.717) is 0 Å². The first-order chi connectivity index (χ1) is 10.3. The highest BCUT2D eigenvalue weighted by Crippen LogP contribution is 2.18. The molecule has 0 aromatic heterocycles. The molecule has 0 bridgehead atoms. The van der Waals surface area contributed by atoms with Crippen molar-refractivity contribution < 1.29 is 0 Å². The zero-order valence-corrected chi connectivity index (χ0v) is 15.0. The summed E-state index contributed by atoms with van der Waals surface area (Å²) >= 11 is 0. The molecule has 0 aromatic rings. The average Bonchev–Trinajstić information content (AvgIpc) is 2.49. The second-order valence-electron chi connectivity index (χ2n) is 6.99. The minimum Gasteiger partial charge on any atom is -0.0625 e. The molecule has 0 aliphatic rings. The Kier molecular flexibility index (Phi) is 18.1. The largest absolute Gasteiger partial charge is 0.0625 e. The fourth-order valence-corrected chi connectivity index (χ4v) is 3.07. The molecule has 21 heavy (non-hydrogen) atoms. The van der Waals surface area contributed by atoms with Crippen LogP contribution in [0.5, 0.6) is 0 Å². The summed E-state index contributed by atoms with van der Waals surface area (Å²) in [5.74, 6) is 0.955. The molecule has 1 atom stereocenters. The van der Waals surface area contributed by atoms with Gasteiger partial charge in [0.2, 0.25) is 0 Å². The standard InChI is InChI=1S/C21H42/c1-4-6-8-10-12-14-16-18-20-21(3)19-17-15-13-11-9-7-5-2/h21H,1-2,4-20H2,3H3. The molecule has 0 rings (SSSR count). The van der Waals surface area contributed by atoms with Crippen LogP contribution in [0.25, 0.3) is 0 Å². The first-order valence-corrected chi connectivity index (χ1v) is 9.89. The molecule has 126 valence electrons. The monoisotopic (exact) mass is 294 g/mol. The lowest BCUT2D eigenvalue weighted by Crippen LogP contribution is -1.95. The van der Waals surface area contributed by atoms with E-state index in [4.69, 9.17) is 0 Å². The summed E-state index contributed by atoms with van der Waals surface area (Å²) in [5, 5.41) is 0. The van der Waals surface area contributed by atoms with Gasteiger partial charge in [0.05, 0.1) is 0 Å². The van der Waals surface area contributed by atoms with Gasteiger partial charge in [0.25, 0.3) is 0 Å². The van der Waals surface area contributed by atoms with Crippen LogP contribution in [0.4, 0.5) is 0 Å². The van der Waals surface area contributed by atoms with Gasteiger partial charge in [-0.1, -0.05) is 130 Å². The molecule has 0 amide bonds. The van der Waals surface area contributed by atoms with E-state index in [1.807, 2.05) is 0 Å². The number of hydrogen-bond donors (Lipinski definition) is 0. The van der Waals surface area contributed by atoms with Crippen molar-refractivity contribution in [3.8, 4) is 0 Å². The molecule has 0 aliphatic heterocycles. The molecule has 0 heteroatoms. The summed E-state index contributed by atoms with van der Waals surface area (Å²) in [6.45, 7) is 10.3. The third-order valence-corrected chi connectivity index (χ3v) is 4.64. The molecule has 0 fully saturated rings. The molecule has 0 aromatic carbocycles. The van der Waals surface area contributed by atoms with Crippen LogP contribution in [0.1, 0.15) is 116 Å². The van der Waals surface area contributed by atoms with E-state index >= 15 is 0 Å². The second kappa shape index (κ2) is 18.1. The Morgan fingerprint density at radius 3 is 1.10 bits per heavy atom. The third kappa shape index (κ3) is 18.0. The smallest absolute Gasteiger partial charge is 0.0443 e. The molecule has 0 N–H and O–H groups in total. The van der Waals surface area contributed by atoms with E-state index < -0.39 is 0 Å². The molecule has 0 aliphatic carbocycles. The Labute approximate surface area is 136 Å². The molecule has 2 radical (unpaired) electrons. The summed E-state index contributed by atoms with van der Waals surface area (Å²) in [7, 11) is 0. The van der Waals surface area contributed by atoms with Gasteiger partial charge in [0.1, 0.15) is 0 Å². The first-order valence-electron chi connectivity index (χ1n) is 9.89. The number of rotatable bonds is 17. The van der Waals surface area contributed by atoms with Gasteiger partial charge in [0, 0.05) is 0 Å². The van der Waals surface area contributed by atoms with E-state index in [1.54, 1.807) is 0 Å². The number of hydrogen-bond acceptors (Lipinski definition) is 0. The van der Waals surface area contributed by atoms with Gasteiger partial charge in [-0.15, -0.1) is 0 Å². The van der Waals surface area contributed by atoms with Crippen molar-refractivity contribution in [2.45, 2.75) is 116 Å². The summed E-state index contributed by atoms with van der Waals surface area (Å²) in [6.07, 6.45) is 23.6. The summed E-state index contributed by atoms with van der Waals surface area (Å²) < 4.78 is 0. The van der Waals surface area contributed by atoms with E-state index in [9.17, 15) is 0 Å². The fourth-order valence-electron chi connectivity index (χ4n) is 3.07. The van der Waals surface area contributed by atoms with Crippen LogP contribution >= 0.6 is 0 Å². The average molecular weight is 295 g/mol. The Morgan fingerprint density at radius 2 is 0.762 bits per heavy atom. The molecular weight excluding hydrogens is 252 g/mol. The van der Waals surface area contributed by atoms with Crippen molar-refractivity contribution in [2.24, 2.45) is 5.92 Å². The predicted octanol–water partition coefficient (Wildman–Crippen LogP) is 7.92. The Hall–Kier alpha value is 0. The summed E-state index contributed by atoms with van der Waals surface area (Å²) in [4.78, 5) is 0. The van der Waals surface area contributed by atoms with E-state index in [1.165, 1.54) is 96.3 Å². The van der Waals surface area contributed by atoms with E-state index in [-0.39, 0.29) is 0 Å². The minimum absolute atomic E-state index is 0.955.